The third-order valence-electron chi connectivity index (χ3n) is 6.71. The second-order valence-corrected chi connectivity index (χ2v) is 8.20. The van der Waals surface area contributed by atoms with E-state index in [0.717, 1.165) is 67.4 Å². The van der Waals surface area contributed by atoms with E-state index in [9.17, 15) is 0 Å². The van der Waals surface area contributed by atoms with Gasteiger partial charge in [-0.1, -0.05) is 25.1 Å². The zero-order chi connectivity index (χ0) is 20.7. The average molecular weight is 408 g/mol. The maximum atomic E-state index is 6.68. The molecule has 3 aliphatic rings. The highest BCUT2D eigenvalue weighted by atomic mass is 16.5. The topological polar surface area (TPSA) is 46.5 Å². The molecule has 0 aromatic heterocycles. The number of para-hydroxylation sites is 1. The van der Waals surface area contributed by atoms with Crippen molar-refractivity contribution in [2.75, 3.05) is 33.9 Å². The summed E-state index contributed by atoms with van der Waals surface area (Å²) in [6, 6.07) is 14.7. The number of hydrogen-bond donors (Lipinski definition) is 0. The van der Waals surface area contributed by atoms with Crippen molar-refractivity contribution >= 4 is 5.71 Å². The molecule has 0 radical (unpaired) electrons. The van der Waals surface area contributed by atoms with E-state index in [1.165, 1.54) is 5.56 Å². The smallest absolute Gasteiger partial charge is 0.200 e. The Kier molecular flexibility index (Phi) is 4.82. The molecule has 3 heterocycles. The Bertz CT molecular complexity index is 966. The molecule has 0 N–H and O–H groups in total. The Balaban J connectivity index is 1.53. The number of hydrogen-bond acceptors (Lipinski definition) is 6. The van der Waals surface area contributed by atoms with Gasteiger partial charge >= 0.3 is 0 Å². The van der Waals surface area contributed by atoms with Gasteiger partial charge in [0, 0.05) is 43.5 Å². The first-order chi connectivity index (χ1) is 14.7. The van der Waals surface area contributed by atoms with E-state index in [1.54, 1.807) is 14.2 Å². The van der Waals surface area contributed by atoms with Crippen LogP contribution in [-0.4, -0.2) is 55.2 Å². The van der Waals surface area contributed by atoms with Gasteiger partial charge in [0.1, 0.15) is 5.75 Å². The summed E-state index contributed by atoms with van der Waals surface area (Å²) in [7, 11) is 3.33. The van der Waals surface area contributed by atoms with E-state index in [-0.39, 0.29) is 11.8 Å². The molecule has 158 valence electrons. The summed E-state index contributed by atoms with van der Waals surface area (Å²) in [4.78, 5) is 2.49. The number of nitrogens with zero attached hydrogens (tertiary/aromatic N) is 3. The van der Waals surface area contributed by atoms with Gasteiger partial charge < -0.3 is 19.1 Å². The van der Waals surface area contributed by atoms with Crippen LogP contribution in [0.25, 0.3) is 0 Å². The minimum atomic E-state index is -0.372. The van der Waals surface area contributed by atoms with Crippen LogP contribution in [0, 0.1) is 0 Å². The summed E-state index contributed by atoms with van der Waals surface area (Å²) in [6.45, 7) is 5.36. The fraction of sp³-hybridized carbons (Fsp3) is 0.458. The first-order valence-corrected chi connectivity index (χ1v) is 10.8. The Morgan fingerprint density at radius 3 is 2.57 bits per heavy atom. The summed E-state index contributed by atoms with van der Waals surface area (Å²) in [6.07, 6.45) is 2.76. The third-order valence-corrected chi connectivity index (χ3v) is 6.71. The summed E-state index contributed by atoms with van der Waals surface area (Å²) in [5, 5.41) is 7.41. The zero-order valence-corrected chi connectivity index (χ0v) is 17.9. The molecule has 2 aromatic rings. The summed E-state index contributed by atoms with van der Waals surface area (Å²) in [5.74, 6) is 2.47. The largest absolute Gasteiger partial charge is 0.493 e. The highest BCUT2D eigenvalue weighted by Gasteiger charge is 2.51. The van der Waals surface area contributed by atoms with E-state index in [0.29, 0.717) is 0 Å². The maximum Gasteiger partial charge on any atom is 0.200 e. The first kappa shape index (κ1) is 19.2. The van der Waals surface area contributed by atoms with Gasteiger partial charge in [0.25, 0.3) is 0 Å². The van der Waals surface area contributed by atoms with Crippen molar-refractivity contribution in [3.05, 3.63) is 53.6 Å². The molecule has 1 atom stereocenters. The number of ether oxygens (including phenoxy) is 3. The van der Waals surface area contributed by atoms with Gasteiger partial charge in [0.2, 0.25) is 5.72 Å². The maximum absolute atomic E-state index is 6.68. The first-order valence-electron chi connectivity index (χ1n) is 10.8. The van der Waals surface area contributed by atoms with Crippen LogP contribution >= 0.6 is 0 Å². The van der Waals surface area contributed by atoms with Crippen LogP contribution < -0.4 is 14.2 Å². The number of rotatable bonds is 4. The summed E-state index contributed by atoms with van der Waals surface area (Å²) in [5.41, 5.74) is 2.99. The number of likely N-dealkylation sites (tertiary alicyclic amines) is 1. The van der Waals surface area contributed by atoms with Crippen molar-refractivity contribution in [1.29, 1.82) is 0 Å². The molecule has 3 aliphatic heterocycles. The predicted octanol–water partition coefficient (Wildman–Crippen LogP) is 4.06. The highest BCUT2D eigenvalue weighted by molar-refractivity contribution is 6.02. The van der Waals surface area contributed by atoms with E-state index >= 15 is 0 Å². The van der Waals surface area contributed by atoms with Gasteiger partial charge in [-0.3, -0.25) is 0 Å². The van der Waals surface area contributed by atoms with Crippen molar-refractivity contribution in [2.45, 2.75) is 38.0 Å². The van der Waals surface area contributed by atoms with Crippen LogP contribution in [0.2, 0.25) is 0 Å². The van der Waals surface area contributed by atoms with Crippen molar-refractivity contribution < 1.29 is 14.2 Å². The molecule has 6 heteroatoms. The molecule has 0 bridgehead atoms. The number of piperidine rings is 1. The van der Waals surface area contributed by atoms with E-state index in [1.807, 2.05) is 12.1 Å². The van der Waals surface area contributed by atoms with Gasteiger partial charge in [-0.15, -0.1) is 0 Å². The van der Waals surface area contributed by atoms with Gasteiger partial charge in [-0.05, 0) is 30.8 Å². The molecule has 0 aliphatic carbocycles. The molecular formula is C24H29N3O3. The normalized spacial score (nSPS) is 22.2. The Morgan fingerprint density at radius 1 is 1.07 bits per heavy atom. The van der Waals surface area contributed by atoms with Gasteiger partial charge in [-0.25, -0.2) is 5.01 Å². The second kappa shape index (κ2) is 7.51. The molecule has 0 unspecified atom stereocenters. The lowest BCUT2D eigenvalue weighted by molar-refractivity contribution is -0.149. The number of methoxy groups -OCH3 is 2. The number of benzene rings is 2. The molecule has 30 heavy (non-hydrogen) atoms. The molecule has 2 aromatic carbocycles. The Morgan fingerprint density at radius 2 is 1.83 bits per heavy atom. The van der Waals surface area contributed by atoms with E-state index < -0.39 is 0 Å². The number of fused-ring (bicyclic) bond motifs is 4. The second-order valence-electron chi connectivity index (χ2n) is 8.20. The molecule has 0 amide bonds. The monoisotopic (exact) mass is 407 g/mol. The lowest BCUT2D eigenvalue weighted by Gasteiger charge is -2.51. The summed E-state index contributed by atoms with van der Waals surface area (Å²) < 4.78 is 17.6. The van der Waals surface area contributed by atoms with Crippen molar-refractivity contribution in [1.82, 2.24) is 9.91 Å². The standard InChI is InChI=1S/C24H29N3O3/c1-4-26-13-11-24(12-14-26)27-20(18-7-5-6-8-21(18)30-24)16-19(25-27)17-9-10-22(28-2)23(15-17)29-3/h5-10,15,20H,4,11-14,16H2,1-3H3/t20-/m0/s1. The molecule has 0 saturated carbocycles. The van der Waals surface area contributed by atoms with Crippen LogP contribution in [0.15, 0.2) is 47.6 Å². The molecule has 1 fully saturated rings. The third kappa shape index (κ3) is 3.01. The minimum Gasteiger partial charge on any atom is -0.493 e. The SMILES string of the molecule is CCN1CCC2(CC1)Oc1ccccc1[C@@H]1CC(c3ccc(OC)c(OC)c3)=NN12. The molecule has 1 spiro atoms. The van der Waals surface area contributed by atoms with E-state index in [4.69, 9.17) is 19.3 Å². The predicted molar refractivity (Wildman–Crippen MR) is 116 cm³/mol. The van der Waals surface area contributed by atoms with Crippen LogP contribution in [0.4, 0.5) is 0 Å². The lowest BCUT2D eigenvalue weighted by Crippen LogP contribution is -2.59. The van der Waals surface area contributed by atoms with Gasteiger partial charge in [-0.2, -0.15) is 5.10 Å². The summed E-state index contributed by atoms with van der Waals surface area (Å²) >= 11 is 0. The number of hydrazone groups is 1. The minimum absolute atomic E-state index is 0.200. The molecule has 5 rings (SSSR count). The fourth-order valence-electron chi connectivity index (χ4n) is 4.97. The quantitative estimate of drug-likeness (QED) is 0.765. The molecule has 6 nitrogen and oxygen atoms in total. The zero-order valence-electron chi connectivity index (χ0n) is 17.9. The van der Waals surface area contributed by atoms with Crippen LogP contribution in [0.3, 0.4) is 0 Å². The van der Waals surface area contributed by atoms with Gasteiger partial charge in [0.15, 0.2) is 11.5 Å². The van der Waals surface area contributed by atoms with Crippen LogP contribution in [0.5, 0.6) is 17.2 Å². The van der Waals surface area contributed by atoms with Gasteiger partial charge in [0.05, 0.1) is 26.0 Å². The highest BCUT2D eigenvalue weighted by Crippen LogP contribution is 2.50. The average Bonchev–Trinajstić information content (AvgIpc) is 3.26. The lowest BCUT2D eigenvalue weighted by atomic mass is 9.90. The van der Waals surface area contributed by atoms with Crippen LogP contribution in [0.1, 0.15) is 43.4 Å². The molecular weight excluding hydrogens is 378 g/mol. The van der Waals surface area contributed by atoms with Crippen molar-refractivity contribution in [3.8, 4) is 17.2 Å². The Labute approximate surface area is 178 Å². The fourth-order valence-corrected chi connectivity index (χ4v) is 4.97. The van der Waals surface area contributed by atoms with Crippen LogP contribution in [-0.2, 0) is 0 Å². The van der Waals surface area contributed by atoms with Crippen molar-refractivity contribution in [2.24, 2.45) is 5.10 Å². The van der Waals surface area contributed by atoms with Crippen molar-refractivity contribution in [3.63, 3.8) is 0 Å². The Hall–Kier alpha value is -2.73. The van der Waals surface area contributed by atoms with E-state index in [2.05, 4.69) is 47.2 Å². The molecule has 1 saturated heterocycles.